The highest BCUT2D eigenvalue weighted by Gasteiger charge is 2.34. The average molecular weight is 403 g/mol. The summed E-state index contributed by atoms with van der Waals surface area (Å²) in [6.07, 6.45) is 4.41. The molecule has 5 heteroatoms. The summed E-state index contributed by atoms with van der Waals surface area (Å²) in [5.74, 6) is 0.935. The molecule has 5 nitrogen and oxygen atoms in total. The van der Waals surface area contributed by atoms with E-state index in [1.54, 1.807) is 0 Å². The van der Waals surface area contributed by atoms with Crippen LogP contribution in [0.1, 0.15) is 58.9 Å². The maximum atomic E-state index is 5.66. The number of ether oxygens (including phenoxy) is 1. The number of benzene rings is 1. The van der Waals surface area contributed by atoms with E-state index in [2.05, 4.69) is 73.6 Å². The lowest BCUT2D eigenvalue weighted by molar-refractivity contribution is 0.0531. The third kappa shape index (κ3) is 7.63. The first kappa shape index (κ1) is 23.7. The van der Waals surface area contributed by atoms with Gasteiger partial charge in [0, 0.05) is 31.2 Å². The van der Waals surface area contributed by atoms with Crippen LogP contribution in [-0.2, 0) is 10.2 Å². The molecule has 1 aliphatic heterocycles. The Kier molecular flexibility index (Phi) is 10.5. The second kappa shape index (κ2) is 12.9. The zero-order valence-electron chi connectivity index (χ0n) is 19.0. The molecule has 1 fully saturated rings. The van der Waals surface area contributed by atoms with Crippen molar-refractivity contribution in [1.29, 1.82) is 0 Å². The van der Waals surface area contributed by atoms with Gasteiger partial charge in [-0.05, 0) is 64.7 Å². The third-order valence-electron chi connectivity index (χ3n) is 6.11. The minimum absolute atomic E-state index is 0.0772. The second-order valence-electron chi connectivity index (χ2n) is 8.17. The predicted octanol–water partition coefficient (Wildman–Crippen LogP) is 3.80. The van der Waals surface area contributed by atoms with Gasteiger partial charge in [0.25, 0.3) is 0 Å². The van der Waals surface area contributed by atoms with Crippen LogP contribution in [-0.4, -0.2) is 62.8 Å². The molecule has 1 aromatic carbocycles. The van der Waals surface area contributed by atoms with Gasteiger partial charge >= 0.3 is 0 Å². The Morgan fingerprint density at radius 3 is 2.45 bits per heavy atom. The Morgan fingerprint density at radius 2 is 1.83 bits per heavy atom. The van der Waals surface area contributed by atoms with Gasteiger partial charge in [0.1, 0.15) is 0 Å². The topological polar surface area (TPSA) is 48.9 Å². The van der Waals surface area contributed by atoms with E-state index in [1.807, 2.05) is 0 Å². The fraction of sp³-hybridized carbons (Fsp3) is 0.708. The highest BCUT2D eigenvalue weighted by atomic mass is 16.5. The highest BCUT2D eigenvalue weighted by molar-refractivity contribution is 5.80. The van der Waals surface area contributed by atoms with E-state index in [-0.39, 0.29) is 5.41 Å². The van der Waals surface area contributed by atoms with Crippen LogP contribution in [0.5, 0.6) is 0 Å². The molecule has 0 aliphatic carbocycles. The molecule has 1 aliphatic rings. The smallest absolute Gasteiger partial charge is 0.191 e. The van der Waals surface area contributed by atoms with Crippen LogP contribution in [0.15, 0.2) is 35.3 Å². The van der Waals surface area contributed by atoms with E-state index in [1.165, 1.54) is 18.5 Å². The fourth-order valence-corrected chi connectivity index (χ4v) is 4.11. The van der Waals surface area contributed by atoms with Crippen molar-refractivity contribution >= 4 is 5.96 Å². The summed E-state index contributed by atoms with van der Waals surface area (Å²) in [4.78, 5) is 7.52. The van der Waals surface area contributed by atoms with Crippen LogP contribution in [0, 0.1) is 0 Å². The molecule has 1 aromatic rings. The lowest BCUT2D eigenvalue weighted by Gasteiger charge is -2.36. The first-order valence-electron chi connectivity index (χ1n) is 11.5. The molecule has 1 atom stereocenters. The number of hydrogen-bond donors (Lipinski definition) is 2. The van der Waals surface area contributed by atoms with Crippen molar-refractivity contribution in [3.8, 4) is 0 Å². The molecule has 1 saturated heterocycles. The summed E-state index contributed by atoms with van der Waals surface area (Å²) in [5, 5.41) is 7.07. The number of aliphatic imine (C=N–C) groups is 1. The van der Waals surface area contributed by atoms with Crippen LogP contribution < -0.4 is 10.6 Å². The lowest BCUT2D eigenvalue weighted by atomic mass is 9.74. The van der Waals surface area contributed by atoms with Gasteiger partial charge in [0.2, 0.25) is 0 Å². The molecule has 0 spiro atoms. The van der Waals surface area contributed by atoms with Gasteiger partial charge in [-0.3, -0.25) is 4.99 Å². The first-order valence-corrected chi connectivity index (χ1v) is 11.5. The van der Waals surface area contributed by atoms with Crippen molar-refractivity contribution in [3.63, 3.8) is 0 Å². The van der Waals surface area contributed by atoms with Crippen LogP contribution >= 0.6 is 0 Å². The molecule has 0 radical (unpaired) electrons. The van der Waals surface area contributed by atoms with Crippen molar-refractivity contribution in [1.82, 2.24) is 15.5 Å². The standard InChI is InChI=1S/C24H42N4O/c1-5-25-23(27-21(4)12-11-17-28(6-2)7-3)26-20-24(15-18-29-19-16-24)22-13-9-8-10-14-22/h8-10,13-14,21H,5-7,11-12,15-20H2,1-4H3,(H2,25,26,27). The molecule has 1 unspecified atom stereocenters. The Bertz CT molecular complexity index is 580. The van der Waals surface area contributed by atoms with E-state index in [4.69, 9.17) is 9.73 Å². The second-order valence-corrected chi connectivity index (χ2v) is 8.17. The molecular formula is C24H42N4O. The van der Waals surface area contributed by atoms with Gasteiger partial charge in [-0.25, -0.2) is 0 Å². The first-order chi connectivity index (χ1) is 14.1. The summed E-state index contributed by atoms with van der Waals surface area (Å²) < 4.78 is 5.66. The Morgan fingerprint density at radius 1 is 1.14 bits per heavy atom. The van der Waals surface area contributed by atoms with Gasteiger partial charge in [-0.2, -0.15) is 0 Å². The third-order valence-corrected chi connectivity index (χ3v) is 6.11. The molecular weight excluding hydrogens is 360 g/mol. The maximum Gasteiger partial charge on any atom is 0.191 e. The lowest BCUT2D eigenvalue weighted by Crippen LogP contribution is -2.44. The number of guanidine groups is 1. The maximum absolute atomic E-state index is 5.66. The summed E-state index contributed by atoms with van der Waals surface area (Å²) in [6.45, 7) is 15.6. The number of hydrogen-bond acceptors (Lipinski definition) is 3. The number of nitrogens with one attached hydrogen (secondary N) is 2. The molecule has 0 amide bonds. The Labute approximate surface area is 178 Å². The molecule has 0 bridgehead atoms. The van der Waals surface area contributed by atoms with E-state index < -0.39 is 0 Å². The van der Waals surface area contributed by atoms with Gasteiger partial charge in [0.15, 0.2) is 5.96 Å². The zero-order valence-corrected chi connectivity index (χ0v) is 19.0. The van der Waals surface area contributed by atoms with Crippen molar-refractivity contribution in [2.24, 2.45) is 4.99 Å². The fourth-order valence-electron chi connectivity index (χ4n) is 4.11. The van der Waals surface area contributed by atoms with E-state index in [9.17, 15) is 0 Å². The Balaban J connectivity index is 1.98. The van der Waals surface area contributed by atoms with Crippen molar-refractivity contribution in [3.05, 3.63) is 35.9 Å². The highest BCUT2D eigenvalue weighted by Crippen LogP contribution is 2.35. The molecule has 29 heavy (non-hydrogen) atoms. The van der Waals surface area contributed by atoms with E-state index in [0.717, 1.165) is 64.6 Å². The van der Waals surface area contributed by atoms with Crippen molar-refractivity contribution in [2.45, 2.75) is 64.8 Å². The average Bonchev–Trinajstić information content (AvgIpc) is 2.76. The zero-order chi connectivity index (χ0) is 21.0. The summed E-state index contributed by atoms with van der Waals surface area (Å²) >= 11 is 0. The van der Waals surface area contributed by atoms with E-state index in [0.29, 0.717) is 6.04 Å². The van der Waals surface area contributed by atoms with Gasteiger partial charge < -0.3 is 20.3 Å². The molecule has 164 valence electrons. The van der Waals surface area contributed by atoms with Crippen molar-refractivity contribution in [2.75, 3.05) is 45.9 Å². The SMILES string of the molecule is CCNC(=NCC1(c2ccccc2)CCOCC1)NC(C)CCCN(CC)CC. The molecule has 0 aromatic heterocycles. The predicted molar refractivity (Wildman–Crippen MR) is 124 cm³/mol. The minimum Gasteiger partial charge on any atom is -0.381 e. The number of rotatable bonds is 11. The quantitative estimate of drug-likeness (QED) is 0.437. The van der Waals surface area contributed by atoms with Gasteiger partial charge in [-0.15, -0.1) is 0 Å². The summed E-state index contributed by atoms with van der Waals surface area (Å²) in [7, 11) is 0. The van der Waals surface area contributed by atoms with Crippen LogP contribution in [0.3, 0.4) is 0 Å². The van der Waals surface area contributed by atoms with E-state index >= 15 is 0 Å². The van der Waals surface area contributed by atoms with Crippen LogP contribution in [0.2, 0.25) is 0 Å². The Hall–Kier alpha value is -1.59. The molecule has 1 heterocycles. The van der Waals surface area contributed by atoms with Gasteiger partial charge in [0.05, 0.1) is 6.54 Å². The normalized spacial score (nSPS) is 17.9. The summed E-state index contributed by atoms with van der Waals surface area (Å²) in [5.41, 5.74) is 1.46. The van der Waals surface area contributed by atoms with Crippen LogP contribution in [0.25, 0.3) is 0 Å². The van der Waals surface area contributed by atoms with Gasteiger partial charge in [-0.1, -0.05) is 44.2 Å². The van der Waals surface area contributed by atoms with Crippen molar-refractivity contribution < 1.29 is 4.74 Å². The summed E-state index contributed by atoms with van der Waals surface area (Å²) in [6, 6.07) is 11.3. The monoisotopic (exact) mass is 402 g/mol. The molecule has 0 saturated carbocycles. The minimum atomic E-state index is 0.0772. The number of nitrogens with zero attached hydrogens (tertiary/aromatic N) is 2. The molecule has 2 N–H and O–H groups in total. The van der Waals surface area contributed by atoms with Crippen LogP contribution in [0.4, 0.5) is 0 Å². The largest absolute Gasteiger partial charge is 0.381 e. The molecule has 2 rings (SSSR count).